The van der Waals surface area contributed by atoms with Crippen LogP contribution in [0.4, 0.5) is 17.2 Å². The first-order valence-electron chi connectivity index (χ1n) is 4.54. The van der Waals surface area contributed by atoms with Crippen molar-refractivity contribution in [1.29, 1.82) is 0 Å². The Morgan fingerprint density at radius 1 is 0.933 bits per heavy atom. The molecule has 0 radical (unpaired) electrons. The van der Waals surface area contributed by atoms with Crippen LogP contribution in [0.25, 0.3) is 11.1 Å². The van der Waals surface area contributed by atoms with Gasteiger partial charge in [0.25, 0.3) is 0 Å². The number of nitrogen functional groups attached to an aromatic ring is 3. The second-order valence-electron chi connectivity index (χ2n) is 3.28. The van der Waals surface area contributed by atoms with Gasteiger partial charge in [0.15, 0.2) is 0 Å². The van der Waals surface area contributed by atoms with Gasteiger partial charge in [0.05, 0.1) is 0 Å². The van der Waals surface area contributed by atoms with Gasteiger partial charge < -0.3 is 17.2 Å². The number of benzene rings is 1. The molecule has 0 fully saturated rings. The number of nitrogens with zero attached hydrogens (tertiary/aromatic N) is 1. The maximum Gasteiger partial charge on any atom is 0.131 e. The van der Waals surface area contributed by atoms with E-state index in [2.05, 4.69) is 4.98 Å². The van der Waals surface area contributed by atoms with Crippen molar-refractivity contribution in [3.8, 4) is 11.1 Å². The summed E-state index contributed by atoms with van der Waals surface area (Å²) in [6.07, 6.45) is 1.64. The van der Waals surface area contributed by atoms with Crippen LogP contribution in [0.15, 0.2) is 36.5 Å². The molecule has 0 atom stereocenters. The lowest BCUT2D eigenvalue weighted by Crippen LogP contribution is -1.97. The van der Waals surface area contributed by atoms with Gasteiger partial charge in [0.1, 0.15) is 5.82 Å². The molecule has 0 amide bonds. The van der Waals surface area contributed by atoms with Crippen molar-refractivity contribution in [1.82, 2.24) is 4.98 Å². The predicted octanol–water partition coefficient (Wildman–Crippen LogP) is 1.50. The number of hydrogen-bond acceptors (Lipinski definition) is 4. The van der Waals surface area contributed by atoms with Gasteiger partial charge in [-0.3, -0.25) is 0 Å². The van der Waals surface area contributed by atoms with Crippen LogP contribution < -0.4 is 17.2 Å². The van der Waals surface area contributed by atoms with Gasteiger partial charge in [-0.1, -0.05) is 0 Å². The zero-order chi connectivity index (χ0) is 10.8. The topological polar surface area (TPSA) is 91.0 Å². The largest absolute Gasteiger partial charge is 0.399 e. The van der Waals surface area contributed by atoms with E-state index < -0.39 is 0 Å². The minimum absolute atomic E-state index is 0.454. The van der Waals surface area contributed by atoms with E-state index in [9.17, 15) is 0 Å². The third-order valence-electron chi connectivity index (χ3n) is 2.21. The summed E-state index contributed by atoms with van der Waals surface area (Å²) in [7, 11) is 0. The van der Waals surface area contributed by atoms with E-state index >= 15 is 0 Å². The Bertz CT molecular complexity index is 494. The molecule has 0 bridgehead atoms. The Labute approximate surface area is 87.7 Å². The van der Waals surface area contributed by atoms with Crippen LogP contribution in [-0.4, -0.2) is 4.98 Å². The van der Waals surface area contributed by atoms with E-state index in [0.29, 0.717) is 17.2 Å². The Morgan fingerprint density at radius 2 is 1.73 bits per heavy atom. The quantitative estimate of drug-likeness (QED) is 0.608. The summed E-state index contributed by atoms with van der Waals surface area (Å²) in [6, 6.07) is 8.99. The highest BCUT2D eigenvalue weighted by Gasteiger charge is 2.06. The maximum atomic E-state index is 5.85. The average Bonchev–Trinajstić information content (AvgIpc) is 2.23. The van der Waals surface area contributed by atoms with E-state index in [-0.39, 0.29) is 0 Å². The van der Waals surface area contributed by atoms with E-state index in [0.717, 1.165) is 11.1 Å². The first-order valence-corrected chi connectivity index (χ1v) is 4.54. The maximum absolute atomic E-state index is 5.85. The highest BCUT2D eigenvalue weighted by Crippen LogP contribution is 2.30. The van der Waals surface area contributed by atoms with E-state index in [1.807, 2.05) is 12.1 Å². The molecule has 4 heteroatoms. The summed E-state index contributed by atoms with van der Waals surface area (Å²) in [5.74, 6) is 0.454. The molecule has 2 aromatic rings. The van der Waals surface area contributed by atoms with E-state index in [4.69, 9.17) is 17.2 Å². The van der Waals surface area contributed by atoms with Crippen LogP contribution in [0.2, 0.25) is 0 Å². The Balaban J connectivity index is 2.64. The molecule has 1 heterocycles. The molecular weight excluding hydrogens is 188 g/mol. The van der Waals surface area contributed by atoms with Crippen molar-refractivity contribution in [2.75, 3.05) is 17.2 Å². The van der Waals surface area contributed by atoms with Crippen molar-refractivity contribution in [2.45, 2.75) is 0 Å². The van der Waals surface area contributed by atoms with E-state index in [1.54, 1.807) is 24.4 Å². The minimum atomic E-state index is 0.454. The molecule has 6 N–H and O–H groups in total. The first-order chi connectivity index (χ1) is 7.18. The summed E-state index contributed by atoms with van der Waals surface area (Å²) in [4.78, 5) is 4.01. The number of aromatic nitrogens is 1. The number of nitrogens with two attached hydrogens (primary N) is 3. The monoisotopic (exact) mass is 200 g/mol. The van der Waals surface area contributed by atoms with Crippen molar-refractivity contribution >= 4 is 17.2 Å². The number of hydrogen-bond donors (Lipinski definition) is 3. The van der Waals surface area contributed by atoms with Crippen molar-refractivity contribution < 1.29 is 0 Å². The third kappa shape index (κ3) is 1.69. The molecule has 0 saturated carbocycles. The van der Waals surface area contributed by atoms with Crippen molar-refractivity contribution in [3.05, 3.63) is 36.5 Å². The van der Waals surface area contributed by atoms with Gasteiger partial charge in [-0.2, -0.15) is 0 Å². The molecule has 76 valence electrons. The molecule has 0 unspecified atom stereocenters. The normalized spacial score (nSPS) is 10.1. The lowest BCUT2D eigenvalue weighted by atomic mass is 10.0. The fraction of sp³-hybridized carbons (Fsp3) is 0. The summed E-state index contributed by atoms with van der Waals surface area (Å²) < 4.78 is 0. The van der Waals surface area contributed by atoms with Crippen LogP contribution in [0.3, 0.4) is 0 Å². The number of anilines is 3. The summed E-state index contributed by atoms with van der Waals surface area (Å²) in [5.41, 5.74) is 20.2. The lowest BCUT2D eigenvalue weighted by Gasteiger charge is -2.08. The molecule has 0 aliphatic rings. The van der Waals surface area contributed by atoms with Gasteiger partial charge in [0.2, 0.25) is 0 Å². The fourth-order valence-electron chi connectivity index (χ4n) is 1.45. The zero-order valence-corrected chi connectivity index (χ0v) is 8.14. The lowest BCUT2D eigenvalue weighted by molar-refractivity contribution is 1.34. The Kier molecular flexibility index (Phi) is 2.17. The number of rotatable bonds is 1. The highest BCUT2D eigenvalue weighted by molar-refractivity contribution is 5.84. The Hall–Kier alpha value is -2.23. The summed E-state index contributed by atoms with van der Waals surface area (Å²) in [5, 5.41) is 0. The van der Waals surface area contributed by atoms with Crippen molar-refractivity contribution in [3.63, 3.8) is 0 Å². The first kappa shape index (κ1) is 9.33. The van der Waals surface area contributed by atoms with Crippen LogP contribution in [-0.2, 0) is 0 Å². The standard InChI is InChI=1S/C11H12N4/c12-7-3-4-10(13)9(6-7)8-2-1-5-15-11(8)14/h1-6H,12-13H2,(H2,14,15). The second kappa shape index (κ2) is 3.49. The van der Waals surface area contributed by atoms with Crippen molar-refractivity contribution in [2.24, 2.45) is 0 Å². The molecule has 0 spiro atoms. The average molecular weight is 200 g/mol. The molecule has 4 nitrogen and oxygen atoms in total. The molecule has 2 rings (SSSR count). The molecule has 15 heavy (non-hydrogen) atoms. The summed E-state index contributed by atoms with van der Waals surface area (Å²) in [6.45, 7) is 0. The van der Waals surface area contributed by atoms with Crippen LogP contribution in [0.1, 0.15) is 0 Å². The SMILES string of the molecule is Nc1ccc(N)c(-c2cccnc2N)c1. The van der Waals surface area contributed by atoms with Gasteiger partial charge in [0, 0.05) is 28.7 Å². The minimum Gasteiger partial charge on any atom is -0.399 e. The second-order valence-corrected chi connectivity index (χ2v) is 3.28. The predicted molar refractivity (Wildman–Crippen MR) is 62.9 cm³/mol. The van der Waals surface area contributed by atoms with Crippen LogP contribution in [0.5, 0.6) is 0 Å². The van der Waals surface area contributed by atoms with Crippen LogP contribution >= 0.6 is 0 Å². The molecule has 0 saturated heterocycles. The Morgan fingerprint density at radius 3 is 2.47 bits per heavy atom. The van der Waals surface area contributed by atoms with Gasteiger partial charge in [-0.05, 0) is 30.3 Å². The molecule has 0 aliphatic carbocycles. The molecule has 0 aliphatic heterocycles. The number of pyridine rings is 1. The van der Waals surface area contributed by atoms with Gasteiger partial charge >= 0.3 is 0 Å². The molecule has 1 aromatic carbocycles. The summed E-state index contributed by atoms with van der Waals surface area (Å²) >= 11 is 0. The van der Waals surface area contributed by atoms with Crippen LogP contribution in [0, 0.1) is 0 Å². The smallest absolute Gasteiger partial charge is 0.131 e. The molecule has 1 aromatic heterocycles. The van der Waals surface area contributed by atoms with Gasteiger partial charge in [-0.25, -0.2) is 4.98 Å². The van der Waals surface area contributed by atoms with Gasteiger partial charge in [-0.15, -0.1) is 0 Å². The third-order valence-corrected chi connectivity index (χ3v) is 2.21. The zero-order valence-electron chi connectivity index (χ0n) is 8.14. The molecular formula is C11H12N4. The van der Waals surface area contributed by atoms with E-state index in [1.165, 1.54) is 0 Å². The highest BCUT2D eigenvalue weighted by atomic mass is 14.8. The fourth-order valence-corrected chi connectivity index (χ4v) is 1.45.